The summed E-state index contributed by atoms with van der Waals surface area (Å²) < 4.78 is 5.64. The molecule has 0 aliphatic carbocycles. The molecular weight excluding hydrogens is 200 g/mol. The molecule has 0 atom stereocenters. The van der Waals surface area contributed by atoms with E-state index in [4.69, 9.17) is 4.74 Å². The molecule has 16 heavy (non-hydrogen) atoms. The van der Waals surface area contributed by atoms with Gasteiger partial charge < -0.3 is 10.1 Å². The van der Waals surface area contributed by atoms with E-state index in [2.05, 4.69) is 17.2 Å². The van der Waals surface area contributed by atoms with Gasteiger partial charge in [-0.05, 0) is 18.6 Å². The maximum absolute atomic E-state index is 5.64. The first-order chi connectivity index (χ1) is 7.81. The zero-order valence-electron chi connectivity index (χ0n) is 10.3. The summed E-state index contributed by atoms with van der Waals surface area (Å²) >= 11 is 0. The molecule has 0 fully saturated rings. The SMILES string of the molecule is CCCCOc1cccc(C(=NC)NC)c1. The highest BCUT2D eigenvalue weighted by atomic mass is 16.5. The van der Waals surface area contributed by atoms with E-state index in [1.54, 1.807) is 7.05 Å². The molecule has 0 radical (unpaired) electrons. The second-order valence-electron chi connectivity index (χ2n) is 3.55. The van der Waals surface area contributed by atoms with Gasteiger partial charge in [0.15, 0.2) is 0 Å². The summed E-state index contributed by atoms with van der Waals surface area (Å²) in [6.07, 6.45) is 2.24. The van der Waals surface area contributed by atoms with Gasteiger partial charge >= 0.3 is 0 Å². The molecule has 0 aliphatic rings. The van der Waals surface area contributed by atoms with Crippen molar-refractivity contribution in [2.45, 2.75) is 19.8 Å². The van der Waals surface area contributed by atoms with Crippen LogP contribution in [0.5, 0.6) is 5.75 Å². The number of nitrogens with zero attached hydrogens (tertiary/aromatic N) is 1. The Balaban J connectivity index is 2.70. The molecule has 0 aliphatic heterocycles. The number of hydrogen-bond donors (Lipinski definition) is 1. The number of unbranched alkanes of at least 4 members (excludes halogenated alkanes) is 1. The maximum Gasteiger partial charge on any atom is 0.127 e. The van der Waals surface area contributed by atoms with Gasteiger partial charge in [-0.1, -0.05) is 25.5 Å². The Labute approximate surface area is 97.5 Å². The molecular formula is C13H20N2O. The Bertz CT molecular complexity index is 348. The minimum Gasteiger partial charge on any atom is -0.494 e. The van der Waals surface area contributed by atoms with Crippen LogP contribution >= 0.6 is 0 Å². The van der Waals surface area contributed by atoms with Gasteiger partial charge in [0.2, 0.25) is 0 Å². The Morgan fingerprint density at radius 1 is 1.44 bits per heavy atom. The predicted molar refractivity (Wildman–Crippen MR) is 68.4 cm³/mol. The van der Waals surface area contributed by atoms with Crippen LogP contribution in [0.4, 0.5) is 0 Å². The summed E-state index contributed by atoms with van der Waals surface area (Å²) in [5.74, 6) is 1.78. The molecule has 0 amide bonds. The lowest BCUT2D eigenvalue weighted by Crippen LogP contribution is -2.19. The van der Waals surface area contributed by atoms with Crippen molar-refractivity contribution < 1.29 is 4.74 Å². The average Bonchev–Trinajstić information content (AvgIpc) is 2.32. The summed E-state index contributed by atoms with van der Waals surface area (Å²) in [6, 6.07) is 7.99. The van der Waals surface area contributed by atoms with E-state index >= 15 is 0 Å². The van der Waals surface area contributed by atoms with Crippen LogP contribution in [-0.4, -0.2) is 26.5 Å². The van der Waals surface area contributed by atoms with Gasteiger partial charge in [-0.15, -0.1) is 0 Å². The van der Waals surface area contributed by atoms with Crippen molar-refractivity contribution in [2.24, 2.45) is 4.99 Å². The van der Waals surface area contributed by atoms with Crippen LogP contribution in [0.3, 0.4) is 0 Å². The highest BCUT2D eigenvalue weighted by molar-refractivity contribution is 5.98. The Morgan fingerprint density at radius 3 is 2.88 bits per heavy atom. The smallest absolute Gasteiger partial charge is 0.127 e. The van der Waals surface area contributed by atoms with E-state index in [1.807, 2.05) is 31.3 Å². The third kappa shape index (κ3) is 3.57. The van der Waals surface area contributed by atoms with Crippen LogP contribution in [0.15, 0.2) is 29.3 Å². The van der Waals surface area contributed by atoms with Gasteiger partial charge in [-0.3, -0.25) is 4.99 Å². The van der Waals surface area contributed by atoms with E-state index in [1.165, 1.54) is 0 Å². The number of hydrogen-bond acceptors (Lipinski definition) is 2. The molecule has 0 heterocycles. The van der Waals surface area contributed by atoms with Crippen molar-refractivity contribution in [3.63, 3.8) is 0 Å². The minimum absolute atomic E-state index is 0.776. The first-order valence-corrected chi connectivity index (χ1v) is 5.69. The third-order valence-electron chi connectivity index (χ3n) is 2.33. The number of amidine groups is 1. The molecule has 1 aromatic carbocycles. The second-order valence-corrected chi connectivity index (χ2v) is 3.55. The van der Waals surface area contributed by atoms with E-state index in [0.29, 0.717) is 0 Å². The molecule has 0 saturated heterocycles. The van der Waals surface area contributed by atoms with Crippen molar-refractivity contribution in [1.82, 2.24) is 5.32 Å². The van der Waals surface area contributed by atoms with Crippen LogP contribution in [0, 0.1) is 0 Å². The molecule has 0 saturated carbocycles. The fourth-order valence-corrected chi connectivity index (χ4v) is 1.45. The summed E-state index contributed by atoms with van der Waals surface area (Å²) in [6.45, 7) is 2.93. The fraction of sp³-hybridized carbons (Fsp3) is 0.462. The van der Waals surface area contributed by atoms with Gasteiger partial charge in [0.1, 0.15) is 11.6 Å². The lowest BCUT2D eigenvalue weighted by molar-refractivity contribution is 0.309. The first kappa shape index (κ1) is 12.6. The van der Waals surface area contributed by atoms with Gasteiger partial charge in [0, 0.05) is 19.7 Å². The van der Waals surface area contributed by atoms with Gasteiger partial charge in [0.25, 0.3) is 0 Å². The Kier molecular flexibility index (Phi) is 5.40. The van der Waals surface area contributed by atoms with Crippen LogP contribution in [0.25, 0.3) is 0 Å². The quantitative estimate of drug-likeness (QED) is 0.470. The van der Waals surface area contributed by atoms with E-state index in [-0.39, 0.29) is 0 Å². The molecule has 88 valence electrons. The number of nitrogens with one attached hydrogen (secondary N) is 1. The maximum atomic E-state index is 5.64. The highest BCUT2D eigenvalue weighted by Crippen LogP contribution is 2.14. The number of ether oxygens (including phenoxy) is 1. The van der Waals surface area contributed by atoms with Gasteiger partial charge in [-0.2, -0.15) is 0 Å². The van der Waals surface area contributed by atoms with Gasteiger partial charge in [0.05, 0.1) is 6.61 Å². The molecule has 1 rings (SSSR count). The van der Waals surface area contributed by atoms with Crippen molar-refractivity contribution in [1.29, 1.82) is 0 Å². The lowest BCUT2D eigenvalue weighted by Gasteiger charge is -2.08. The van der Waals surface area contributed by atoms with Crippen molar-refractivity contribution in [3.8, 4) is 5.75 Å². The van der Waals surface area contributed by atoms with Crippen LogP contribution in [-0.2, 0) is 0 Å². The summed E-state index contributed by atoms with van der Waals surface area (Å²) in [4.78, 5) is 4.16. The number of benzene rings is 1. The minimum atomic E-state index is 0.776. The molecule has 0 spiro atoms. The Hall–Kier alpha value is -1.51. The largest absolute Gasteiger partial charge is 0.494 e. The Morgan fingerprint density at radius 2 is 2.25 bits per heavy atom. The van der Waals surface area contributed by atoms with Crippen molar-refractivity contribution in [2.75, 3.05) is 20.7 Å². The summed E-state index contributed by atoms with van der Waals surface area (Å²) in [5.41, 5.74) is 1.05. The highest BCUT2D eigenvalue weighted by Gasteiger charge is 2.01. The molecule has 1 aromatic rings. The number of rotatable bonds is 5. The molecule has 3 nitrogen and oxygen atoms in total. The normalized spacial score (nSPS) is 11.3. The summed E-state index contributed by atoms with van der Waals surface area (Å²) in [5, 5.41) is 3.06. The second kappa shape index (κ2) is 6.88. The lowest BCUT2D eigenvalue weighted by atomic mass is 10.2. The fourth-order valence-electron chi connectivity index (χ4n) is 1.45. The molecule has 3 heteroatoms. The topological polar surface area (TPSA) is 33.6 Å². The van der Waals surface area contributed by atoms with Gasteiger partial charge in [-0.25, -0.2) is 0 Å². The number of aliphatic imine (C=N–C) groups is 1. The molecule has 0 aromatic heterocycles. The average molecular weight is 220 g/mol. The van der Waals surface area contributed by atoms with E-state index in [9.17, 15) is 0 Å². The van der Waals surface area contributed by atoms with E-state index in [0.717, 1.165) is 36.6 Å². The molecule has 0 unspecified atom stereocenters. The van der Waals surface area contributed by atoms with Crippen molar-refractivity contribution >= 4 is 5.84 Å². The standard InChI is InChI=1S/C13H20N2O/c1-4-5-9-16-12-8-6-7-11(10-12)13(14-2)15-3/h6-8,10H,4-5,9H2,1-3H3,(H,14,15). The summed E-state index contributed by atoms with van der Waals surface area (Å²) in [7, 11) is 3.64. The zero-order valence-corrected chi connectivity index (χ0v) is 10.3. The molecule has 1 N–H and O–H groups in total. The first-order valence-electron chi connectivity index (χ1n) is 5.69. The van der Waals surface area contributed by atoms with Crippen molar-refractivity contribution in [3.05, 3.63) is 29.8 Å². The van der Waals surface area contributed by atoms with Crippen LogP contribution < -0.4 is 10.1 Å². The predicted octanol–water partition coefficient (Wildman–Crippen LogP) is 2.46. The van der Waals surface area contributed by atoms with Crippen LogP contribution in [0.2, 0.25) is 0 Å². The monoisotopic (exact) mass is 220 g/mol. The third-order valence-corrected chi connectivity index (χ3v) is 2.33. The molecule has 0 bridgehead atoms. The van der Waals surface area contributed by atoms with Crippen LogP contribution in [0.1, 0.15) is 25.3 Å². The zero-order chi connectivity index (χ0) is 11.8. The van der Waals surface area contributed by atoms with E-state index < -0.39 is 0 Å².